The summed E-state index contributed by atoms with van der Waals surface area (Å²) in [4.78, 5) is 12.0. The van der Waals surface area contributed by atoms with Gasteiger partial charge in [-0.3, -0.25) is 0 Å². The minimum absolute atomic E-state index is 0.815. The van der Waals surface area contributed by atoms with Crippen molar-refractivity contribution in [1.29, 1.82) is 0 Å². The molecule has 0 saturated heterocycles. The summed E-state index contributed by atoms with van der Waals surface area (Å²) in [5.41, 5.74) is 4.61. The molecule has 0 aliphatic carbocycles. The Morgan fingerprint density at radius 3 is 2.54 bits per heavy atom. The third-order valence-electron chi connectivity index (χ3n) is 4.56. The minimum Gasteiger partial charge on any atom is -0.497 e. The molecule has 5 nitrogen and oxygen atoms in total. The largest absolute Gasteiger partial charge is 0.497 e. The molecule has 0 unspecified atom stereocenters. The number of ether oxygens (including phenoxy) is 1. The van der Waals surface area contributed by atoms with Crippen molar-refractivity contribution < 1.29 is 4.74 Å². The van der Waals surface area contributed by atoms with Gasteiger partial charge in [0.05, 0.1) is 18.5 Å². The number of hydrogen-bond acceptors (Lipinski definition) is 5. The zero-order valence-electron chi connectivity index (χ0n) is 14.8. The zero-order valence-corrected chi connectivity index (χ0v) is 14.8. The maximum absolute atomic E-state index is 5.28. The Labute approximate surface area is 144 Å². The summed E-state index contributed by atoms with van der Waals surface area (Å²) >= 11 is 0. The third-order valence-corrected chi connectivity index (χ3v) is 4.56. The van der Waals surface area contributed by atoms with Gasteiger partial charge < -0.3 is 15.0 Å². The van der Waals surface area contributed by atoms with E-state index in [0.29, 0.717) is 0 Å². The summed E-state index contributed by atoms with van der Waals surface area (Å²) in [6.45, 7) is 7.94. The van der Waals surface area contributed by atoms with Gasteiger partial charge in [0.1, 0.15) is 5.75 Å². The van der Waals surface area contributed by atoms with Crippen molar-refractivity contribution in [3.05, 3.63) is 35.5 Å². The van der Waals surface area contributed by atoms with Crippen molar-refractivity contribution in [3.8, 4) is 17.0 Å². The van der Waals surface area contributed by atoms with Gasteiger partial charge >= 0.3 is 0 Å². The van der Waals surface area contributed by atoms with Crippen LogP contribution in [0.1, 0.15) is 31.5 Å². The van der Waals surface area contributed by atoms with Gasteiger partial charge in [-0.1, -0.05) is 0 Å². The quantitative estimate of drug-likeness (QED) is 0.915. The maximum atomic E-state index is 5.28. The highest BCUT2D eigenvalue weighted by atomic mass is 16.5. The van der Waals surface area contributed by atoms with E-state index in [0.717, 1.165) is 67.7 Å². The lowest BCUT2D eigenvalue weighted by Crippen LogP contribution is -2.25. The summed E-state index contributed by atoms with van der Waals surface area (Å²) in [6, 6.07) is 8.17. The van der Waals surface area contributed by atoms with Gasteiger partial charge in [-0.15, -0.1) is 0 Å². The van der Waals surface area contributed by atoms with E-state index in [2.05, 4.69) is 36.2 Å². The number of benzene rings is 1. The molecular weight excluding hydrogens is 300 g/mol. The first-order valence-electron chi connectivity index (χ1n) is 8.76. The van der Waals surface area contributed by atoms with Crippen molar-refractivity contribution in [1.82, 2.24) is 15.3 Å². The Morgan fingerprint density at radius 1 is 1.12 bits per heavy atom. The Hall–Kier alpha value is -2.14. The van der Waals surface area contributed by atoms with E-state index in [9.17, 15) is 0 Å². The SMILES string of the molecule is CCN(CC)c1nc2c(c(-c3ccc(OC)cc3)n1)CCCNC2. The monoisotopic (exact) mass is 326 g/mol. The lowest BCUT2D eigenvalue weighted by molar-refractivity contribution is 0.415. The lowest BCUT2D eigenvalue weighted by atomic mass is 10.0. The van der Waals surface area contributed by atoms with E-state index in [1.807, 2.05) is 12.1 Å². The third kappa shape index (κ3) is 3.36. The number of nitrogens with one attached hydrogen (secondary N) is 1. The maximum Gasteiger partial charge on any atom is 0.226 e. The smallest absolute Gasteiger partial charge is 0.226 e. The molecule has 1 N–H and O–H groups in total. The topological polar surface area (TPSA) is 50.3 Å². The van der Waals surface area contributed by atoms with Crippen molar-refractivity contribution in [2.75, 3.05) is 31.6 Å². The number of nitrogens with zero attached hydrogens (tertiary/aromatic N) is 3. The molecule has 0 atom stereocenters. The van der Waals surface area contributed by atoms with E-state index >= 15 is 0 Å². The fourth-order valence-electron chi connectivity index (χ4n) is 3.16. The van der Waals surface area contributed by atoms with E-state index in [1.54, 1.807) is 7.11 Å². The Kier molecular flexibility index (Phi) is 5.30. The molecule has 0 radical (unpaired) electrons. The van der Waals surface area contributed by atoms with Crippen molar-refractivity contribution >= 4 is 5.95 Å². The molecule has 0 fully saturated rings. The molecule has 1 aromatic heterocycles. The molecule has 24 heavy (non-hydrogen) atoms. The van der Waals surface area contributed by atoms with Gasteiger partial charge in [0.15, 0.2) is 0 Å². The summed E-state index contributed by atoms with van der Waals surface area (Å²) in [7, 11) is 1.69. The summed E-state index contributed by atoms with van der Waals surface area (Å²) < 4.78 is 5.28. The van der Waals surface area contributed by atoms with Crippen LogP contribution in [0.2, 0.25) is 0 Å². The van der Waals surface area contributed by atoms with Crippen LogP contribution in [0.5, 0.6) is 5.75 Å². The minimum atomic E-state index is 0.815. The molecule has 0 spiro atoms. The molecule has 2 heterocycles. The predicted molar refractivity (Wildman–Crippen MR) is 97.6 cm³/mol. The molecule has 0 saturated carbocycles. The number of fused-ring (bicyclic) bond motifs is 1. The normalized spacial score (nSPS) is 14.0. The molecule has 1 aliphatic heterocycles. The van der Waals surface area contributed by atoms with Crippen molar-refractivity contribution in [2.45, 2.75) is 33.2 Å². The van der Waals surface area contributed by atoms with E-state index in [4.69, 9.17) is 14.7 Å². The molecule has 128 valence electrons. The fourth-order valence-corrected chi connectivity index (χ4v) is 3.16. The van der Waals surface area contributed by atoms with Gasteiger partial charge in [0, 0.05) is 30.8 Å². The Morgan fingerprint density at radius 2 is 1.88 bits per heavy atom. The van der Waals surface area contributed by atoms with Crippen molar-refractivity contribution in [3.63, 3.8) is 0 Å². The van der Waals surface area contributed by atoms with Gasteiger partial charge in [-0.05, 0) is 57.5 Å². The van der Waals surface area contributed by atoms with Gasteiger partial charge in [-0.2, -0.15) is 0 Å². The highest BCUT2D eigenvalue weighted by Gasteiger charge is 2.19. The van der Waals surface area contributed by atoms with E-state index < -0.39 is 0 Å². The first-order chi connectivity index (χ1) is 11.8. The van der Waals surface area contributed by atoms with Crippen LogP contribution in [0.15, 0.2) is 24.3 Å². The van der Waals surface area contributed by atoms with Crippen LogP contribution in [-0.2, 0) is 13.0 Å². The molecule has 1 aliphatic rings. The predicted octanol–water partition coefficient (Wildman–Crippen LogP) is 3.03. The standard InChI is InChI=1S/C19H26N4O/c1-4-23(5-2)19-21-17-13-20-12-6-7-16(17)18(22-19)14-8-10-15(24-3)11-9-14/h8-11,20H,4-7,12-13H2,1-3H3. The number of rotatable bonds is 5. The van der Waals surface area contributed by atoms with Crippen LogP contribution < -0.4 is 15.0 Å². The lowest BCUT2D eigenvalue weighted by Gasteiger charge is -2.22. The highest BCUT2D eigenvalue weighted by molar-refractivity contribution is 5.66. The number of methoxy groups -OCH3 is 1. The van der Waals surface area contributed by atoms with Crippen LogP contribution in [0.4, 0.5) is 5.95 Å². The van der Waals surface area contributed by atoms with E-state index in [1.165, 1.54) is 5.56 Å². The van der Waals surface area contributed by atoms with Gasteiger partial charge in [0.2, 0.25) is 5.95 Å². The summed E-state index contributed by atoms with van der Waals surface area (Å²) in [5.74, 6) is 1.69. The second-order valence-electron chi connectivity index (χ2n) is 5.98. The Bertz CT molecular complexity index is 681. The molecule has 1 aromatic carbocycles. The zero-order chi connectivity index (χ0) is 16.9. The van der Waals surface area contributed by atoms with Gasteiger partial charge in [-0.25, -0.2) is 9.97 Å². The number of aromatic nitrogens is 2. The average Bonchev–Trinajstić information content (AvgIpc) is 2.88. The second kappa shape index (κ2) is 7.62. The molecule has 2 aromatic rings. The number of anilines is 1. The van der Waals surface area contributed by atoms with Crippen LogP contribution in [-0.4, -0.2) is 36.7 Å². The molecule has 5 heteroatoms. The Balaban J connectivity index is 2.11. The molecule has 0 amide bonds. The van der Waals surface area contributed by atoms with Crippen LogP contribution in [0.3, 0.4) is 0 Å². The fraction of sp³-hybridized carbons (Fsp3) is 0.474. The summed E-state index contributed by atoms with van der Waals surface area (Å²) in [6.07, 6.45) is 2.13. The first kappa shape index (κ1) is 16.7. The van der Waals surface area contributed by atoms with E-state index in [-0.39, 0.29) is 0 Å². The van der Waals surface area contributed by atoms with Crippen LogP contribution >= 0.6 is 0 Å². The highest BCUT2D eigenvalue weighted by Crippen LogP contribution is 2.29. The second-order valence-corrected chi connectivity index (χ2v) is 5.98. The van der Waals surface area contributed by atoms with Crippen LogP contribution in [0.25, 0.3) is 11.3 Å². The van der Waals surface area contributed by atoms with Crippen LogP contribution in [0, 0.1) is 0 Å². The molecule has 0 bridgehead atoms. The van der Waals surface area contributed by atoms with Crippen molar-refractivity contribution in [2.24, 2.45) is 0 Å². The average molecular weight is 326 g/mol. The molecular formula is C19H26N4O. The summed E-state index contributed by atoms with van der Waals surface area (Å²) in [5, 5.41) is 3.47. The first-order valence-corrected chi connectivity index (χ1v) is 8.76. The molecule has 3 rings (SSSR count). The number of hydrogen-bond donors (Lipinski definition) is 1. The van der Waals surface area contributed by atoms with Gasteiger partial charge in [0.25, 0.3) is 0 Å².